The second-order valence-electron chi connectivity index (χ2n) is 3.31. The molecule has 4 nitrogen and oxygen atoms in total. The van der Waals surface area contributed by atoms with Crippen LogP contribution in [0.15, 0.2) is 6.20 Å². The molecule has 0 amide bonds. The van der Waals surface area contributed by atoms with Gasteiger partial charge in [0.1, 0.15) is 5.82 Å². The first-order valence-electron chi connectivity index (χ1n) is 4.62. The van der Waals surface area contributed by atoms with Crippen molar-refractivity contribution in [2.75, 3.05) is 18.8 Å². The van der Waals surface area contributed by atoms with Gasteiger partial charge in [-0.2, -0.15) is 0 Å². The quantitative estimate of drug-likeness (QED) is 0.816. The van der Waals surface area contributed by atoms with Crippen LogP contribution in [0, 0.1) is 0 Å². The third kappa shape index (κ3) is 3.19. The van der Waals surface area contributed by atoms with Crippen LogP contribution >= 0.6 is 24.8 Å². The van der Waals surface area contributed by atoms with Gasteiger partial charge < -0.3 is 5.73 Å². The summed E-state index contributed by atoms with van der Waals surface area (Å²) < 4.78 is 0. The molecular formula is C9H16Cl2N4. The second kappa shape index (κ2) is 6.10. The highest BCUT2D eigenvalue weighted by Crippen LogP contribution is 2.14. The van der Waals surface area contributed by atoms with Gasteiger partial charge in [-0.1, -0.05) is 6.92 Å². The fourth-order valence-corrected chi connectivity index (χ4v) is 1.62. The molecule has 0 radical (unpaired) electrons. The Kier molecular flexibility index (Phi) is 5.87. The zero-order valence-corrected chi connectivity index (χ0v) is 10.3. The molecular weight excluding hydrogens is 235 g/mol. The summed E-state index contributed by atoms with van der Waals surface area (Å²) in [6.45, 7) is 5.22. The molecule has 0 saturated heterocycles. The van der Waals surface area contributed by atoms with Crippen molar-refractivity contribution in [2.24, 2.45) is 0 Å². The Morgan fingerprint density at radius 2 is 2.13 bits per heavy atom. The van der Waals surface area contributed by atoms with Gasteiger partial charge in [-0.25, -0.2) is 4.98 Å². The van der Waals surface area contributed by atoms with Crippen LogP contribution in [0.2, 0.25) is 0 Å². The van der Waals surface area contributed by atoms with Crippen LogP contribution in [-0.4, -0.2) is 28.0 Å². The Morgan fingerprint density at radius 3 is 2.80 bits per heavy atom. The van der Waals surface area contributed by atoms with Crippen LogP contribution in [0.25, 0.3) is 0 Å². The fraction of sp³-hybridized carbons (Fsp3) is 0.556. The van der Waals surface area contributed by atoms with Gasteiger partial charge in [-0.3, -0.25) is 9.88 Å². The molecule has 0 aliphatic carbocycles. The molecule has 2 rings (SSSR count). The zero-order chi connectivity index (χ0) is 9.26. The molecule has 86 valence electrons. The van der Waals surface area contributed by atoms with Crippen molar-refractivity contribution < 1.29 is 0 Å². The monoisotopic (exact) mass is 250 g/mol. The molecule has 15 heavy (non-hydrogen) atoms. The largest absolute Gasteiger partial charge is 0.382 e. The Balaban J connectivity index is 0.000000980. The van der Waals surface area contributed by atoms with E-state index in [1.54, 1.807) is 6.20 Å². The molecule has 1 aliphatic heterocycles. The van der Waals surface area contributed by atoms with E-state index >= 15 is 0 Å². The SMILES string of the molecule is CCN1CCc2nc(N)cnc2C1.Cl.Cl. The van der Waals surface area contributed by atoms with E-state index in [0.717, 1.165) is 37.4 Å². The number of hydrogen-bond donors (Lipinski definition) is 1. The lowest BCUT2D eigenvalue weighted by atomic mass is 10.1. The van der Waals surface area contributed by atoms with Crippen LogP contribution in [0.4, 0.5) is 5.82 Å². The number of anilines is 1. The Morgan fingerprint density at radius 1 is 1.40 bits per heavy atom. The van der Waals surface area contributed by atoms with Crippen LogP contribution < -0.4 is 5.73 Å². The summed E-state index contributed by atoms with van der Waals surface area (Å²) in [6.07, 6.45) is 2.61. The maximum atomic E-state index is 5.56. The molecule has 1 aromatic rings. The number of fused-ring (bicyclic) bond motifs is 1. The molecule has 0 saturated carbocycles. The van der Waals surface area contributed by atoms with Gasteiger partial charge in [0.2, 0.25) is 0 Å². The topological polar surface area (TPSA) is 55.0 Å². The molecule has 1 aromatic heterocycles. The smallest absolute Gasteiger partial charge is 0.142 e. The lowest BCUT2D eigenvalue weighted by Crippen LogP contribution is -2.31. The number of halogens is 2. The highest BCUT2D eigenvalue weighted by Gasteiger charge is 2.16. The van der Waals surface area contributed by atoms with E-state index in [-0.39, 0.29) is 24.8 Å². The van der Waals surface area contributed by atoms with Crippen LogP contribution in [0.5, 0.6) is 0 Å². The summed E-state index contributed by atoms with van der Waals surface area (Å²) >= 11 is 0. The summed E-state index contributed by atoms with van der Waals surface area (Å²) in [5, 5.41) is 0. The Hall–Kier alpha value is -0.580. The first-order valence-corrected chi connectivity index (χ1v) is 4.62. The van der Waals surface area contributed by atoms with E-state index in [1.807, 2.05) is 0 Å². The lowest BCUT2D eigenvalue weighted by Gasteiger charge is -2.25. The van der Waals surface area contributed by atoms with Crippen molar-refractivity contribution in [1.29, 1.82) is 0 Å². The molecule has 0 bridgehead atoms. The van der Waals surface area contributed by atoms with Crippen molar-refractivity contribution in [3.05, 3.63) is 17.6 Å². The first kappa shape index (κ1) is 14.4. The van der Waals surface area contributed by atoms with E-state index in [4.69, 9.17) is 5.73 Å². The van der Waals surface area contributed by atoms with Gasteiger partial charge >= 0.3 is 0 Å². The van der Waals surface area contributed by atoms with Gasteiger partial charge in [0, 0.05) is 19.5 Å². The standard InChI is InChI=1S/C9H14N4.2ClH/c1-2-13-4-3-7-8(6-13)11-5-9(10)12-7;;/h5H,2-4,6H2,1H3,(H2,10,12);2*1H. The van der Waals surface area contributed by atoms with Crippen LogP contribution in [-0.2, 0) is 13.0 Å². The predicted molar refractivity (Wildman–Crippen MR) is 65.6 cm³/mol. The van der Waals surface area contributed by atoms with E-state index in [9.17, 15) is 0 Å². The minimum Gasteiger partial charge on any atom is -0.382 e. The maximum Gasteiger partial charge on any atom is 0.142 e. The van der Waals surface area contributed by atoms with E-state index in [0.29, 0.717) is 5.82 Å². The van der Waals surface area contributed by atoms with Gasteiger partial charge in [-0.05, 0) is 6.54 Å². The lowest BCUT2D eigenvalue weighted by molar-refractivity contribution is 0.261. The number of aromatic nitrogens is 2. The normalized spacial score (nSPS) is 14.7. The van der Waals surface area contributed by atoms with E-state index in [2.05, 4.69) is 21.8 Å². The van der Waals surface area contributed by atoms with Crippen molar-refractivity contribution in [1.82, 2.24) is 14.9 Å². The molecule has 2 heterocycles. The van der Waals surface area contributed by atoms with E-state index in [1.165, 1.54) is 0 Å². The summed E-state index contributed by atoms with van der Waals surface area (Å²) in [7, 11) is 0. The number of nitrogen functional groups attached to an aromatic ring is 1. The Bertz CT molecular complexity index is 319. The summed E-state index contributed by atoms with van der Waals surface area (Å²) in [6, 6.07) is 0. The fourth-order valence-electron chi connectivity index (χ4n) is 1.62. The molecule has 2 N–H and O–H groups in total. The highest BCUT2D eigenvalue weighted by atomic mass is 35.5. The third-order valence-electron chi connectivity index (χ3n) is 2.44. The number of rotatable bonds is 1. The van der Waals surface area contributed by atoms with Gasteiger partial charge in [-0.15, -0.1) is 24.8 Å². The Labute approximate surface area is 102 Å². The van der Waals surface area contributed by atoms with Crippen LogP contribution in [0.1, 0.15) is 18.3 Å². The molecule has 0 spiro atoms. The van der Waals surface area contributed by atoms with Crippen molar-refractivity contribution in [2.45, 2.75) is 19.9 Å². The van der Waals surface area contributed by atoms with Gasteiger partial charge in [0.25, 0.3) is 0 Å². The van der Waals surface area contributed by atoms with Crippen molar-refractivity contribution in [3.8, 4) is 0 Å². The molecule has 1 aliphatic rings. The number of likely N-dealkylation sites (N-methyl/N-ethyl adjacent to an activating group) is 1. The molecule has 0 aromatic carbocycles. The van der Waals surface area contributed by atoms with Gasteiger partial charge in [0.05, 0.1) is 17.6 Å². The van der Waals surface area contributed by atoms with E-state index < -0.39 is 0 Å². The molecule has 0 atom stereocenters. The highest BCUT2D eigenvalue weighted by molar-refractivity contribution is 5.85. The third-order valence-corrected chi connectivity index (χ3v) is 2.44. The second-order valence-corrected chi connectivity index (χ2v) is 3.31. The van der Waals surface area contributed by atoms with Gasteiger partial charge in [0.15, 0.2) is 0 Å². The number of nitrogens with zero attached hydrogens (tertiary/aromatic N) is 3. The summed E-state index contributed by atoms with van der Waals surface area (Å²) in [5.41, 5.74) is 7.72. The number of nitrogens with two attached hydrogens (primary N) is 1. The minimum absolute atomic E-state index is 0. The summed E-state index contributed by atoms with van der Waals surface area (Å²) in [4.78, 5) is 10.9. The summed E-state index contributed by atoms with van der Waals surface area (Å²) in [5.74, 6) is 0.531. The molecule has 6 heteroatoms. The minimum atomic E-state index is 0. The first-order chi connectivity index (χ1) is 6.29. The average Bonchev–Trinajstić information content (AvgIpc) is 2.17. The maximum absolute atomic E-state index is 5.56. The van der Waals surface area contributed by atoms with Crippen LogP contribution in [0.3, 0.4) is 0 Å². The van der Waals surface area contributed by atoms with Crippen molar-refractivity contribution in [3.63, 3.8) is 0 Å². The molecule has 0 fully saturated rings. The zero-order valence-electron chi connectivity index (χ0n) is 8.64. The molecule has 0 unspecified atom stereocenters. The predicted octanol–water partition coefficient (Wildman–Crippen LogP) is 1.28. The van der Waals surface area contributed by atoms with Crippen molar-refractivity contribution >= 4 is 30.6 Å². The average molecular weight is 251 g/mol. The number of hydrogen-bond acceptors (Lipinski definition) is 4.